The molecule has 0 bridgehead atoms. The summed E-state index contributed by atoms with van der Waals surface area (Å²) in [7, 11) is 1.56. The predicted molar refractivity (Wildman–Crippen MR) is 84.9 cm³/mol. The molecule has 0 spiro atoms. The molecule has 128 valence electrons. The Morgan fingerprint density at radius 1 is 1.29 bits per heavy atom. The minimum Gasteiger partial charge on any atom is -0.493 e. The van der Waals surface area contributed by atoms with Crippen LogP contribution in [0.5, 0.6) is 11.5 Å². The topological polar surface area (TPSA) is 96.3 Å². The van der Waals surface area contributed by atoms with Gasteiger partial charge in [0.25, 0.3) is 5.91 Å². The second-order valence-corrected chi connectivity index (χ2v) is 5.97. The number of amides is 1. The van der Waals surface area contributed by atoms with Gasteiger partial charge >= 0.3 is 5.97 Å². The SMILES string of the molecule is COc1cccc2c1OCC(C(=O)N1CCC(O)(C(=O)O)CC1)=C2. The smallest absolute Gasteiger partial charge is 0.335 e. The number of piperidine rings is 1. The summed E-state index contributed by atoms with van der Waals surface area (Å²) in [5.41, 5.74) is -0.478. The highest BCUT2D eigenvalue weighted by Crippen LogP contribution is 2.36. The van der Waals surface area contributed by atoms with E-state index in [1.54, 1.807) is 24.2 Å². The molecule has 0 aliphatic carbocycles. The average Bonchev–Trinajstić information content (AvgIpc) is 2.60. The highest BCUT2D eigenvalue weighted by molar-refractivity contribution is 5.99. The number of ether oxygens (including phenoxy) is 2. The van der Waals surface area contributed by atoms with Crippen molar-refractivity contribution in [2.24, 2.45) is 0 Å². The number of nitrogens with zero attached hydrogens (tertiary/aromatic N) is 1. The Morgan fingerprint density at radius 2 is 2.00 bits per heavy atom. The molecule has 0 saturated carbocycles. The Hall–Kier alpha value is -2.54. The summed E-state index contributed by atoms with van der Waals surface area (Å²) in [6.07, 6.45) is 1.81. The first-order valence-corrected chi connectivity index (χ1v) is 7.70. The molecular weight excluding hydrogens is 314 g/mol. The lowest BCUT2D eigenvalue weighted by atomic mass is 9.91. The van der Waals surface area contributed by atoms with Gasteiger partial charge in [-0.15, -0.1) is 0 Å². The summed E-state index contributed by atoms with van der Waals surface area (Å²) in [5.74, 6) is -0.220. The van der Waals surface area contributed by atoms with Crippen LogP contribution in [0, 0.1) is 0 Å². The van der Waals surface area contributed by atoms with Gasteiger partial charge in [0.05, 0.1) is 12.7 Å². The number of hydrogen-bond acceptors (Lipinski definition) is 5. The van der Waals surface area contributed by atoms with Crippen molar-refractivity contribution in [1.82, 2.24) is 4.90 Å². The fourth-order valence-corrected chi connectivity index (χ4v) is 2.96. The number of fused-ring (bicyclic) bond motifs is 1. The lowest BCUT2D eigenvalue weighted by Gasteiger charge is -2.36. The first kappa shape index (κ1) is 16.3. The monoisotopic (exact) mass is 333 g/mol. The number of carbonyl (C=O) groups is 2. The highest BCUT2D eigenvalue weighted by Gasteiger charge is 2.41. The van der Waals surface area contributed by atoms with Gasteiger partial charge in [-0.25, -0.2) is 4.79 Å². The van der Waals surface area contributed by atoms with Gasteiger partial charge < -0.3 is 24.6 Å². The number of methoxy groups -OCH3 is 1. The Kier molecular flexibility index (Phi) is 4.19. The van der Waals surface area contributed by atoms with Crippen LogP contribution >= 0.6 is 0 Å². The van der Waals surface area contributed by atoms with E-state index in [9.17, 15) is 14.7 Å². The van der Waals surface area contributed by atoms with E-state index < -0.39 is 11.6 Å². The van der Waals surface area contributed by atoms with Gasteiger partial charge in [0.2, 0.25) is 0 Å². The number of carboxylic acids is 1. The Balaban J connectivity index is 1.75. The van der Waals surface area contributed by atoms with E-state index in [0.29, 0.717) is 17.1 Å². The van der Waals surface area contributed by atoms with Crippen LogP contribution in [0.15, 0.2) is 23.8 Å². The van der Waals surface area contributed by atoms with Gasteiger partial charge in [-0.2, -0.15) is 0 Å². The van der Waals surface area contributed by atoms with Gasteiger partial charge in [0, 0.05) is 31.5 Å². The van der Waals surface area contributed by atoms with E-state index >= 15 is 0 Å². The number of likely N-dealkylation sites (tertiary alicyclic amines) is 1. The van der Waals surface area contributed by atoms with Crippen LogP contribution in [0.2, 0.25) is 0 Å². The van der Waals surface area contributed by atoms with Crippen molar-refractivity contribution in [3.8, 4) is 11.5 Å². The Bertz CT molecular complexity index is 703. The summed E-state index contributed by atoms with van der Waals surface area (Å²) in [5, 5.41) is 19.0. The lowest BCUT2D eigenvalue weighted by molar-refractivity contribution is -0.165. The second-order valence-electron chi connectivity index (χ2n) is 5.97. The van der Waals surface area contributed by atoms with Gasteiger partial charge in [-0.05, 0) is 12.1 Å². The molecule has 1 aromatic carbocycles. The van der Waals surface area contributed by atoms with Crippen LogP contribution in [-0.4, -0.2) is 59.4 Å². The fourth-order valence-electron chi connectivity index (χ4n) is 2.96. The zero-order chi connectivity index (χ0) is 17.3. The molecule has 0 atom stereocenters. The number of carboxylic acid groups (broad SMARTS) is 1. The predicted octanol–water partition coefficient (Wildman–Crippen LogP) is 0.909. The normalized spacial score (nSPS) is 18.9. The largest absolute Gasteiger partial charge is 0.493 e. The molecule has 2 aliphatic rings. The number of rotatable bonds is 3. The second kappa shape index (κ2) is 6.16. The van der Waals surface area contributed by atoms with Crippen molar-refractivity contribution in [2.45, 2.75) is 18.4 Å². The maximum atomic E-state index is 12.6. The molecule has 1 amide bonds. The van der Waals surface area contributed by atoms with E-state index in [4.69, 9.17) is 14.6 Å². The zero-order valence-electron chi connectivity index (χ0n) is 13.3. The van der Waals surface area contributed by atoms with E-state index in [1.807, 2.05) is 12.1 Å². The van der Waals surface area contributed by atoms with Crippen LogP contribution in [-0.2, 0) is 9.59 Å². The van der Waals surface area contributed by atoms with Gasteiger partial charge in [-0.1, -0.05) is 12.1 Å². The van der Waals surface area contributed by atoms with E-state index in [1.165, 1.54) is 0 Å². The Morgan fingerprint density at radius 3 is 2.62 bits per heavy atom. The summed E-state index contributed by atoms with van der Waals surface area (Å²) in [4.78, 5) is 25.2. The molecule has 3 rings (SSSR count). The van der Waals surface area contributed by atoms with Crippen LogP contribution in [0.3, 0.4) is 0 Å². The summed E-state index contributed by atoms with van der Waals surface area (Å²) in [6.45, 7) is 0.528. The zero-order valence-corrected chi connectivity index (χ0v) is 13.3. The van der Waals surface area contributed by atoms with Crippen molar-refractivity contribution in [3.05, 3.63) is 29.3 Å². The van der Waals surface area contributed by atoms with Crippen LogP contribution in [0.25, 0.3) is 6.08 Å². The maximum Gasteiger partial charge on any atom is 0.335 e. The molecule has 7 heteroatoms. The Labute approximate surface area is 139 Å². The number of hydrogen-bond donors (Lipinski definition) is 2. The minimum atomic E-state index is -1.74. The molecule has 7 nitrogen and oxygen atoms in total. The highest BCUT2D eigenvalue weighted by atomic mass is 16.5. The number of aliphatic hydroxyl groups is 1. The number of benzene rings is 1. The van der Waals surface area contributed by atoms with Gasteiger partial charge in [0.1, 0.15) is 6.61 Å². The van der Waals surface area contributed by atoms with Gasteiger partial charge in [-0.3, -0.25) is 4.79 Å². The molecule has 2 heterocycles. The number of carbonyl (C=O) groups excluding carboxylic acids is 1. The first-order valence-electron chi connectivity index (χ1n) is 7.70. The van der Waals surface area contributed by atoms with E-state index in [0.717, 1.165) is 5.56 Å². The molecule has 0 aromatic heterocycles. The van der Waals surface area contributed by atoms with Crippen molar-refractivity contribution < 1.29 is 29.3 Å². The molecule has 1 fully saturated rings. The molecule has 2 N–H and O–H groups in total. The molecule has 1 aromatic rings. The standard InChI is InChI=1S/C17H19NO6/c1-23-13-4-2-3-11-9-12(10-24-14(11)13)15(19)18-7-5-17(22,6-8-18)16(20)21/h2-4,9,22H,5-8,10H2,1H3,(H,20,21). The first-order chi connectivity index (χ1) is 11.4. The molecular formula is C17H19NO6. The molecule has 2 aliphatic heterocycles. The van der Waals surface area contributed by atoms with Crippen LogP contribution < -0.4 is 9.47 Å². The van der Waals surface area contributed by atoms with Crippen molar-refractivity contribution in [1.29, 1.82) is 0 Å². The van der Waals surface area contributed by atoms with Gasteiger partial charge in [0.15, 0.2) is 17.1 Å². The third-order valence-corrected chi connectivity index (χ3v) is 4.48. The molecule has 24 heavy (non-hydrogen) atoms. The summed E-state index contributed by atoms with van der Waals surface area (Å²) in [6, 6.07) is 5.44. The van der Waals surface area contributed by atoms with Crippen LogP contribution in [0.1, 0.15) is 18.4 Å². The van der Waals surface area contributed by atoms with E-state index in [2.05, 4.69) is 0 Å². The van der Waals surface area contributed by atoms with E-state index in [-0.39, 0.29) is 38.4 Å². The third-order valence-electron chi connectivity index (χ3n) is 4.48. The molecule has 0 unspecified atom stereocenters. The van der Waals surface area contributed by atoms with Crippen molar-refractivity contribution >= 4 is 18.0 Å². The third kappa shape index (κ3) is 2.82. The lowest BCUT2D eigenvalue weighted by Crippen LogP contribution is -2.51. The molecule has 1 saturated heterocycles. The molecule has 0 radical (unpaired) electrons. The summed E-state index contributed by atoms with van der Waals surface area (Å²) >= 11 is 0. The number of para-hydroxylation sites is 1. The average molecular weight is 333 g/mol. The fraction of sp³-hybridized carbons (Fsp3) is 0.412. The van der Waals surface area contributed by atoms with Crippen molar-refractivity contribution in [3.63, 3.8) is 0 Å². The minimum absolute atomic E-state index is 0.0205. The summed E-state index contributed by atoms with van der Waals surface area (Å²) < 4.78 is 10.9. The maximum absolute atomic E-state index is 12.6. The number of aliphatic carboxylic acids is 1. The quantitative estimate of drug-likeness (QED) is 0.853. The van der Waals surface area contributed by atoms with Crippen molar-refractivity contribution in [2.75, 3.05) is 26.8 Å². The van der Waals surface area contributed by atoms with Crippen LogP contribution in [0.4, 0.5) is 0 Å².